The minimum absolute atomic E-state index is 0.0138. The van der Waals surface area contributed by atoms with E-state index in [1.165, 1.54) is 6.92 Å². The van der Waals surface area contributed by atoms with Crippen molar-refractivity contribution in [2.75, 3.05) is 5.32 Å². The molecule has 4 heteroatoms. The number of pyridine rings is 1. The van der Waals surface area contributed by atoms with Crippen molar-refractivity contribution < 1.29 is 9.90 Å². The molecule has 2 atom stereocenters. The van der Waals surface area contributed by atoms with Crippen molar-refractivity contribution in [3.63, 3.8) is 0 Å². The Labute approximate surface area is 94.7 Å². The zero-order valence-electron chi connectivity index (χ0n) is 9.31. The summed E-state index contributed by atoms with van der Waals surface area (Å²) in [6.07, 6.45) is 4.14. The smallest absolute Gasteiger partial charge is 0.161 e. The average Bonchev–Trinajstić information content (AvgIpc) is 2.65. The van der Waals surface area contributed by atoms with Crippen LogP contribution in [0.3, 0.4) is 0 Å². The number of carbonyl (C=O) groups is 1. The van der Waals surface area contributed by atoms with E-state index in [-0.39, 0.29) is 17.9 Å². The average molecular weight is 220 g/mol. The van der Waals surface area contributed by atoms with Crippen molar-refractivity contribution in [1.29, 1.82) is 0 Å². The summed E-state index contributed by atoms with van der Waals surface area (Å²) >= 11 is 0. The molecule has 1 heterocycles. The number of carbonyl (C=O) groups excluding carboxylic acids is 1. The SMILES string of the molecule is CC(=O)c1ccc(N[C@H]2CCC[C@H]2O)nc1. The van der Waals surface area contributed by atoms with E-state index in [1.54, 1.807) is 18.3 Å². The fraction of sp³-hybridized carbons (Fsp3) is 0.500. The van der Waals surface area contributed by atoms with Crippen molar-refractivity contribution in [2.45, 2.75) is 38.3 Å². The minimum atomic E-state index is -0.283. The summed E-state index contributed by atoms with van der Waals surface area (Å²) in [5.41, 5.74) is 0.609. The molecule has 0 aromatic carbocycles. The Morgan fingerprint density at radius 3 is 2.81 bits per heavy atom. The molecule has 4 nitrogen and oxygen atoms in total. The highest BCUT2D eigenvalue weighted by Gasteiger charge is 2.24. The normalized spacial score (nSPS) is 24.4. The summed E-state index contributed by atoms with van der Waals surface area (Å²) in [6, 6.07) is 3.62. The van der Waals surface area contributed by atoms with Gasteiger partial charge in [-0.3, -0.25) is 4.79 Å². The zero-order chi connectivity index (χ0) is 11.5. The van der Waals surface area contributed by atoms with E-state index in [4.69, 9.17) is 0 Å². The highest BCUT2D eigenvalue weighted by atomic mass is 16.3. The second-order valence-corrected chi connectivity index (χ2v) is 4.24. The fourth-order valence-corrected chi connectivity index (χ4v) is 1.99. The van der Waals surface area contributed by atoms with Gasteiger partial charge in [-0.1, -0.05) is 0 Å². The first-order valence-electron chi connectivity index (χ1n) is 5.58. The molecule has 0 radical (unpaired) electrons. The van der Waals surface area contributed by atoms with E-state index < -0.39 is 0 Å². The molecule has 1 fully saturated rings. The lowest BCUT2D eigenvalue weighted by Gasteiger charge is -2.16. The lowest BCUT2D eigenvalue weighted by atomic mass is 10.2. The molecule has 0 amide bonds. The first-order chi connectivity index (χ1) is 7.66. The largest absolute Gasteiger partial charge is 0.391 e. The highest BCUT2D eigenvalue weighted by Crippen LogP contribution is 2.22. The molecule has 86 valence electrons. The van der Waals surface area contributed by atoms with Gasteiger partial charge >= 0.3 is 0 Å². The first kappa shape index (κ1) is 11.1. The minimum Gasteiger partial charge on any atom is -0.391 e. The predicted octanol–water partition coefficient (Wildman–Crippen LogP) is 1.61. The van der Waals surface area contributed by atoms with Gasteiger partial charge in [0.05, 0.1) is 12.1 Å². The van der Waals surface area contributed by atoms with Crippen LogP contribution in [0.25, 0.3) is 0 Å². The third kappa shape index (κ3) is 2.39. The Morgan fingerprint density at radius 1 is 1.50 bits per heavy atom. The molecule has 1 aliphatic rings. The third-order valence-electron chi connectivity index (χ3n) is 2.98. The monoisotopic (exact) mass is 220 g/mol. The third-order valence-corrected chi connectivity index (χ3v) is 2.98. The lowest BCUT2D eigenvalue weighted by molar-refractivity contribution is 0.101. The number of aliphatic hydroxyl groups excluding tert-OH is 1. The predicted molar refractivity (Wildman–Crippen MR) is 61.5 cm³/mol. The molecule has 0 bridgehead atoms. The van der Waals surface area contributed by atoms with Crippen LogP contribution in [0.1, 0.15) is 36.5 Å². The number of anilines is 1. The van der Waals surface area contributed by atoms with Gasteiger partial charge in [0.2, 0.25) is 0 Å². The summed E-state index contributed by atoms with van der Waals surface area (Å²) in [4.78, 5) is 15.2. The second-order valence-electron chi connectivity index (χ2n) is 4.24. The van der Waals surface area contributed by atoms with Crippen molar-refractivity contribution in [3.05, 3.63) is 23.9 Å². The van der Waals surface area contributed by atoms with E-state index in [1.807, 2.05) is 0 Å². The van der Waals surface area contributed by atoms with Gasteiger partial charge in [-0.15, -0.1) is 0 Å². The van der Waals surface area contributed by atoms with Gasteiger partial charge in [0.25, 0.3) is 0 Å². The van der Waals surface area contributed by atoms with Crippen LogP contribution in [0.15, 0.2) is 18.3 Å². The van der Waals surface area contributed by atoms with E-state index in [0.717, 1.165) is 25.1 Å². The van der Waals surface area contributed by atoms with Crippen LogP contribution < -0.4 is 5.32 Å². The summed E-state index contributed by atoms with van der Waals surface area (Å²) in [7, 11) is 0. The molecule has 0 spiro atoms. The van der Waals surface area contributed by atoms with E-state index in [0.29, 0.717) is 5.56 Å². The number of aromatic nitrogens is 1. The number of Topliss-reactive ketones (excluding diaryl/α,β-unsaturated/α-hetero) is 1. The maximum Gasteiger partial charge on any atom is 0.161 e. The number of nitrogens with one attached hydrogen (secondary N) is 1. The van der Waals surface area contributed by atoms with Crippen molar-refractivity contribution >= 4 is 11.6 Å². The van der Waals surface area contributed by atoms with E-state index >= 15 is 0 Å². The van der Waals surface area contributed by atoms with Gasteiger partial charge in [-0.2, -0.15) is 0 Å². The molecule has 0 saturated heterocycles. The van der Waals surface area contributed by atoms with Crippen molar-refractivity contribution in [1.82, 2.24) is 4.98 Å². The van der Waals surface area contributed by atoms with Crippen molar-refractivity contribution in [2.24, 2.45) is 0 Å². The number of nitrogens with zero attached hydrogens (tertiary/aromatic N) is 1. The summed E-state index contributed by atoms with van der Waals surface area (Å²) in [5, 5.41) is 12.8. The first-order valence-corrected chi connectivity index (χ1v) is 5.58. The number of rotatable bonds is 3. The van der Waals surface area contributed by atoms with E-state index in [9.17, 15) is 9.90 Å². The highest BCUT2D eigenvalue weighted by molar-refractivity contribution is 5.93. The molecule has 1 aliphatic carbocycles. The summed E-state index contributed by atoms with van der Waals surface area (Å²) in [5.74, 6) is 0.732. The molecule has 0 unspecified atom stereocenters. The van der Waals surface area contributed by atoms with Gasteiger partial charge in [0.15, 0.2) is 5.78 Å². The van der Waals surface area contributed by atoms with E-state index in [2.05, 4.69) is 10.3 Å². The van der Waals surface area contributed by atoms with Gasteiger partial charge in [0.1, 0.15) is 5.82 Å². The lowest BCUT2D eigenvalue weighted by Crippen LogP contribution is -2.28. The molecular weight excluding hydrogens is 204 g/mol. The van der Waals surface area contributed by atoms with Crippen LogP contribution in [0.5, 0.6) is 0 Å². The zero-order valence-corrected chi connectivity index (χ0v) is 9.31. The van der Waals surface area contributed by atoms with Gasteiger partial charge < -0.3 is 10.4 Å². The number of aliphatic hydroxyl groups is 1. The van der Waals surface area contributed by atoms with Crippen molar-refractivity contribution in [3.8, 4) is 0 Å². The fourth-order valence-electron chi connectivity index (χ4n) is 1.99. The maximum atomic E-state index is 11.1. The molecule has 16 heavy (non-hydrogen) atoms. The molecule has 2 N–H and O–H groups in total. The Morgan fingerprint density at radius 2 is 2.31 bits per heavy atom. The second kappa shape index (κ2) is 4.61. The number of hydrogen-bond donors (Lipinski definition) is 2. The van der Waals surface area contributed by atoms with Crippen LogP contribution >= 0.6 is 0 Å². The Kier molecular flexibility index (Phi) is 3.19. The van der Waals surface area contributed by atoms with Gasteiger partial charge in [0, 0.05) is 11.8 Å². The molecule has 1 aromatic heterocycles. The molecule has 1 aromatic rings. The van der Waals surface area contributed by atoms with Crippen LogP contribution in [0.2, 0.25) is 0 Å². The summed E-state index contributed by atoms with van der Waals surface area (Å²) in [6.45, 7) is 1.52. The van der Waals surface area contributed by atoms with Crippen LogP contribution in [0, 0.1) is 0 Å². The Balaban J connectivity index is 2.02. The van der Waals surface area contributed by atoms with Crippen LogP contribution in [-0.2, 0) is 0 Å². The quantitative estimate of drug-likeness (QED) is 0.760. The summed E-state index contributed by atoms with van der Waals surface area (Å²) < 4.78 is 0. The number of hydrogen-bond acceptors (Lipinski definition) is 4. The Bertz CT molecular complexity index is 375. The number of ketones is 1. The molecule has 1 saturated carbocycles. The van der Waals surface area contributed by atoms with Crippen LogP contribution in [0.4, 0.5) is 5.82 Å². The maximum absolute atomic E-state index is 11.1. The topological polar surface area (TPSA) is 62.2 Å². The molecular formula is C12H16N2O2. The standard InChI is InChI=1S/C12H16N2O2/c1-8(15)9-5-6-12(13-7-9)14-10-3-2-4-11(10)16/h5-7,10-11,16H,2-4H2,1H3,(H,13,14)/t10-,11+/m0/s1. The molecule has 0 aliphatic heterocycles. The van der Waals surface area contributed by atoms with Gasteiger partial charge in [-0.05, 0) is 38.3 Å². The molecule has 2 rings (SSSR count). The Hall–Kier alpha value is -1.42. The van der Waals surface area contributed by atoms with Crippen LogP contribution in [-0.4, -0.2) is 28.0 Å². The van der Waals surface area contributed by atoms with Gasteiger partial charge in [-0.25, -0.2) is 4.98 Å².